The first-order chi connectivity index (χ1) is 11.1. The van der Waals surface area contributed by atoms with Gasteiger partial charge >= 0.3 is 0 Å². The normalized spacial score (nSPS) is 16.3. The van der Waals surface area contributed by atoms with Crippen LogP contribution in [-0.2, 0) is 14.2 Å². The number of allylic oxidation sites excluding steroid dienone is 1. The van der Waals surface area contributed by atoms with E-state index in [9.17, 15) is 4.21 Å². The van der Waals surface area contributed by atoms with E-state index in [-0.39, 0.29) is 6.04 Å². The Morgan fingerprint density at radius 3 is 2.25 bits per heavy atom. The molecule has 1 rings (SSSR count). The van der Waals surface area contributed by atoms with E-state index < -0.39 is 18.0 Å². The maximum atomic E-state index is 13.6. The summed E-state index contributed by atoms with van der Waals surface area (Å²) in [6.45, 7) is 15.3. The summed E-state index contributed by atoms with van der Waals surface area (Å²) in [5.41, 5.74) is 1.16. The largest absolute Gasteiger partial charge is 0.415 e. The predicted octanol–water partition coefficient (Wildman–Crippen LogP) is 5.27. The molecule has 0 radical (unpaired) electrons. The highest BCUT2D eigenvalue weighted by atomic mass is 32.2. The fraction of sp³-hybridized carbons (Fsp3) is 0.579. The van der Waals surface area contributed by atoms with Gasteiger partial charge in [0.2, 0.25) is 0 Å². The van der Waals surface area contributed by atoms with Gasteiger partial charge in [-0.25, -0.2) is 8.57 Å². The van der Waals surface area contributed by atoms with Gasteiger partial charge in [-0.1, -0.05) is 43.7 Å². The van der Waals surface area contributed by atoms with Crippen LogP contribution >= 0.6 is 0 Å². The molecule has 0 aliphatic heterocycles. The summed E-state index contributed by atoms with van der Waals surface area (Å²) in [6.07, 6.45) is 3.88. The number of hydrogen-bond donors (Lipinski definition) is 0. The second kappa shape index (κ2) is 8.97. The first-order valence-corrected chi connectivity index (χ1v) is 13.7. The molecule has 1 aromatic rings. The van der Waals surface area contributed by atoms with Gasteiger partial charge in [0.1, 0.15) is 0 Å². The van der Waals surface area contributed by atoms with Gasteiger partial charge in [0.05, 0.1) is 28.1 Å². The first kappa shape index (κ1) is 21.1. The van der Waals surface area contributed by atoms with Crippen molar-refractivity contribution in [2.45, 2.75) is 58.3 Å². The number of rotatable bonds is 8. The van der Waals surface area contributed by atoms with E-state index in [2.05, 4.69) is 33.5 Å². The lowest BCUT2D eigenvalue weighted by molar-refractivity contribution is 0.256. The Morgan fingerprint density at radius 1 is 1.21 bits per heavy atom. The van der Waals surface area contributed by atoms with Crippen molar-refractivity contribution in [1.82, 2.24) is 0 Å². The lowest BCUT2D eigenvalue weighted by Crippen LogP contribution is -2.32. The van der Waals surface area contributed by atoms with Gasteiger partial charge in [0.25, 0.3) is 0 Å². The van der Waals surface area contributed by atoms with Crippen LogP contribution in [0.3, 0.4) is 0 Å². The minimum Gasteiger partial charge on any atom is -0.415 e. The van der Waals surface area contributed by atoms with Crippen LogP contribution in [-0.4, -0.2) is 30.9 Å². The fourth-order valence-corrected chi connectivity index (χ4v) is 4.90. The Labute approximate surface area is 149 Å². The van der Waals surface area contributed by atoms with Gasteiger partial charge in [0.15, 0.2) is 8.32 Å². The van der Waals surface area contributed by atoms with Crippen LogP contribution in [0.25, 0.3) is 0 Å². The highest BCUT2D eigenvalue weighted by Gasteiger charge is 2.22. The molecule has 0 saturated heterocycles. The molecule has 0 saturated carbocycles. The number of nitrogens with zero attached hydrogens (tertiary/aromatic N) is 1. The Bertz CT molecular complexity index is 651. The van der Waals surface area contributed by atoms with E-state index in [1.165, 1.54) is 0 Å². The minimum absolute atomic E-state index is 0.0595. The monoisotopic (exact) mass is 367 g/mol. The molecule has 0 spiro atoms. The van der Waals surface area contributed by atoms with Crippen LogP contribution in [0.1, 0.15) is 26.3 Å². The highest BCUT2D eigenvalue weighted by Crippen LogP contribution is 2.20. The van der Waals surface area contributed by atoms with Gasteiger partial charge in [-0.05, 0) is 51.5 Å². The molecule has 0 amide bonds. The first-order valence-electron chi connectivity index (χ1n) is 8.63. The zero-order valence-corrected chi connectivity index (χ0v) is 18.0. The molecule has 0 bridgehead atoms. The van der Waals surface area contributed by atoms with E-state index in [4.69, 9.17) is 8.79 Å². The standard InChI is InChI=1S/C19H33NO2SSi/c1-8-9-14-23(21,18-12-10-17(4)11-13-18)20-19(16(2)3)15-22-24(5,6)7/h8-13,16,19H,14-15H2,1-7H3/b9-8+/t19-,23?/m1/s1. The van der Waals surface area contributed by atoms with Gasteiger partial charge in [0, 0.05) is 4.90 Å². The van der Waals surface area contributed by atoms with Crippen LogP contribution in [0.2, 0.25) is 19.6 Å². The number of hydrogen-bond acceptors (Lipinski definition) is 3. The second-order valence-corrected chi connectivity index (χ2v) is 14.3. The van der Waals surface area contributed by atoms with Crippen molar-refractivity contribution >= 4 is 18.0 Å². The Kier molecular flexibility index (Phi) is 7.90. The molecule has 0 aromatic heterocycles. The van der Waals surface area contributed by atoms with Gasteiger partial charge < -0.3 is 4.43 Å². The summed E-state index contributed by atoms with van der Waals surface area (Å²) in [5.74, 6) is 0.737. The Morgan fingerprint density at radius 2 is 1.79 bits per heavy atom. The maximum Gasteiger partial charge on any atom is 0.183 e. The lowest BCUT2D eigenvalue weighted by Gasteiger charge is -2.24. The Hall–Kier alpha value is -0.913. The number of aryl methyl sites for hydroxylation is 1. The quantitative estimate of drug-likeness (QED) is 0.463. The summed E-state index contributed by atoms with van der Waals surface area (Å²) in [7, 11) is -4.11. The van der Waals surface area contributed by atoms with Crippen molar-refractivity contribution < 1.29 is 8.63 Å². The molecule has 0 aliphatic rings. The molecule has 24 heavy (non-hydrogen) atoms. The molecule has 0 heterocycles. The molecule has 3 nitrogen and oxygen atoms in total. The van der Waals surface area contributed by atoms with Crippen molar-refractivity contribution in [1.29, 1.82) is 0 Å². The third-order valence-electron chi connectivity index (χ3n) is 3.71. The topological polar surface area (TPSA) is 38.7 Å². The molecule has 0 fully saturated rings. The maximum absolute atomic E-state index is 13.6. The smallest absolute Gasteiger partial charge is 0.183 e. The van der Waals surface area contributed by atoms with Gasteiger partial charge in [-0.2, -0.15) is 0 Å². The molecule has 5 heteroatoms. The molecule has 0 aliphatic carbocycles. The summed E-state index contributed by atoms with van der Waals surface area (Å²) < 4.78 is 24.5. The van der Waals surface area contributed by atoms with Crippen molar-refractivity contribution in [2.24, 2.45) is 10.3 Å². The fourth-order valence-electron chi connectivity index (χ4n) is 2.08. The average molecular weight is 368 g/mol. The molecule has 136 valence electrons. The summed E-state index contributed by atoms with van der Waals surface area (Å²) in [4.78, 5) is 0.810. The van der Waals surface area contributed by atoms with Crippen LogP contribution < -0.4 is 0 Å². The summed E-state index contributed by atoms with van der Waals surface area (Å²) >= 11 is 0. The highest BCUT2D eigenvalue weighted by molar-refractivity contribution is 7.93. The number of benzene rings is 1. The second-order valence-electron chi connectivity index (χ2n) is 7.53. The minimum atomic E-state index is -2.48. The van der Waals surface area contributed by atoms with Gasteiger partial charge in [-0.3, -0.25) is 0 Å². The van der Waals surface area contributed by atoms with E-state index >= 15 is 0 Å². The molecular formula is C19H33NO2SSi. The third-order valence-corrected chi connectivity index (χ3v) is 7.01. The SMILES string of the molecule is C/C=C/CS(=O)(=N[C@H](CO[Si](C)(C)C)C(C)C)c1ccc(C)cc1. The summed E-state index contributed by atoms with van der Waals surface area (Å²) in [6, 6.07) is 7.84. The zero-order valence-electron chi connectivity index (χ0n) is 16.2. The Balaban J connectivity index is 3.26. The predicted molar refractivity (Wildman–Crippen MR) is 108 cm³/mol. The van der Waals surface area contributed by atoms with Crippen LogP contribution in [0.5, 0.6) is 0 Å². The van der Waals surface area contributed by atoms with Crippen LogP contribution in [0.4, 0.5) is 0 Å². The van der Waals surface area contributed by atoms with Gasteiger partial charge in [-0.15, -0.1) is 0 Å². The zero-order chi connectivity index (χ0) is 18.4. The van der Waals surface area contributed by atoms with Crippen LogP contribution in [0, 0.1) is 12.8 Å². The lowest BCUT2D eigenvalue weighted by atomic mass is 10.1. The van der Waals surface area contributed by atoms with E-state index in [0.29, 0.717) is 18.3 Å². The molecular weight excluding hydrogens is 334 g/mol. The van der Waals surface area contributed by atoms with E-state index in [1.54, 1.807) is 0 Å². The van der Waals surface area contributed by atoms with Crippen molar-refractivity contribution in [3.05, 3.63) is 42.0 Å². The third kappa shape index (κ3) is 6.91. The van der Waals surface area contributed by atoms with Crippen molar-refractivity contribution in [3.8, 4) is 0 Å². The van der Waals surface area contributed by atoms with E-state index in [1.807, 2.05) is 50.3 Å². The van der Waals surface area contributed by atoms with Crippen molar-refractivity contribution in [3.63, 3.8) is 0 Å². The average Bonchev–Trinajstić information content (AvgIpc) is 2.49. The molecule has 1 unspecified atom stereocenters. The van der Waals surface area contributed by atoms with Crippen LogP contribution in [0.15, 0.2) is 45.7 Å². The van der Waals surface area contributed by atoms with E-state index in [0.717, 1.165) is 10.5 Å². The molecule has 1 aromatic carbocycles. The molecule has 2 atom stereocenters. The summed E-state index contributed by atoms with van der Waals surface area (Å²) in [5, 5.41) is 0. The molecule has 0 N–H and O–H groups in total. The van der Waals surface area contributed by atoms with Crippen molar-refractivity contribution in [2.75, 3.05) is 12.4 Å².